The predicted octanol–water partition coefficient (Wildman–Crippen LogP) is 3.38. The molecule has 0 aliphatic rings. The predicted molar refractivity (Wildman–Crippen MR) is 80.5 cm³/mol. The van der Waals surface area contributed by atoms with Gasteiger partial charge in [0.1, 0.15) is 5.82 Å². The Hall–Kier alpha value is -1.96. The van der Waals surface area contributed by atoms with Crippen molar-refractivity contribution < 1.29 is 19.1 Å². The summed E-state index contributed by atoms with van der Waals surface area (Å²) in [6.45, 7) is 0. The Bertz CT molecular complexity index is 688. The summed E-state index contributed by atoms with van der Waals surface area (Å²) in [6.07, 6.45) is 0. The zero-order chi connectivity index (χ0) is 14.7. The van der Waals surface area contributed by atoms with Gasteiger partial charge in [-0.15, -0.1) is 0 Å². The summed E-state index contributed by atoms with van der Waals surface area (Å²) in [5.41, 5.74) is 0.171. The first-order valence-electron chi connectivity index (χ1n) is 5.57. The van der Waals surface area contributed by atoms with Crippen LogP contribution in [0, 0.1) is 9.39 Å². The van der Waals surface area contributed by atoms with Gasteiger partial charge < -0.3 is 10.4 Å². The molecule has 0 bridgehead atoms. The van der Waals surface area contributed by atoms with Crippen molar-refractivity contribution in [3.8, 4) is 0 Å². The summed E-state index contributed by atoms with van der Waals surface area (Å²) in [6, 6.07) is 10.0. The average Bonchev–Trinajstić information content (AvgIpc) is 2.40. The van der Waals surface area contributed by atoms with Crippen LogP contribution in [0.25, 0.3) is 0 Å². The first-order chi connectivity index (χ1) is 9.47. The summed E-state index contributed by atoms with van der Waals surface area (Å²) in [7, 11) is 0. The molecular weight excluding hydrogens is 376 g/mol. The number of amides is 1. The van der Waals surface area contributed by atoms with E-state index >= 15 is 0 Å². The van der Waals surface area contributed by atoms with Gasteiger partial charge in [0, 0.05) is 9.13 Å². The Morgan fingerprint density at radius 2 is 1.90 bits per heavy atom. The third-order valence-corrected chi connectivity index (χ3v) is 3.22. The van der Waals surface area contributed by atoms with Crippen molar-refractivity contribution in [3.63, 3.8) is 0 Å². The van der Waals surface area contributed by atoms with Gasteiger partial charge in [-0.2, -0.15) is 0 Å². The van der Waals surface area contributed by atoms with Crippen molar-refractivity contribution in [2.24, 2.45) is 0 Å². The second-order valence-electron chi connectivity index (χ2n) is 3.96. The molecule has 102 valence electrons. The summed E-state index contributed by atoms with van der Waals surface area (Å²) < 4.78 is 13.9. The van der Waals surface area contributed by atoms with E-state index < -0.39 is 17.7 Å². The Morgan fingerprint density at radius 1 is 1.15 bits per heavy atom. The fourth-order valence-electron chi connectivity index (χ4n) is 1.63. The van der Waals surface area contributed by atoms with Crippen molar-refractivity contribution in [1.82, 2.24) is 0 Å². The molecule has 2 aromatic rings. The molecule has 4 nitrogen and oxygen atoms in total. The molecule has 2 rings (SSSR count). The minimum absolute atomic E-state index is 0.0581. The molecule has 0 heterocycles. The van der Waals surface area contributed by atoms with Crippen LogP contribution in [0.3, 0.4) is 0 Å². The van der Waals surface area contributed by atoms with Crippen LogP contribution in [0.5, 0.6) is 0 Å². The van der Waals surface area contributed by atoms with Gasteiger partial charge in [-0.3, -0.25) is 4.79 Å². The molecule has 0 aliphatic carbocycles. The van der Waals surface area contributed by atoms with Crippen LogP contribution < -0.4 is 5.32 Å². The van der Waals surface area contributed by atoms with Crippen LogP contribution in [0.1, 0.15) is 20.7 Å². The summed E-state index contributed by atoms with van der Waals surface area (Å²) in [5, 5.41) is 11.5. The summed E-state index contributed by atoms with van der Waals surface area (Å²) in [4.78, 5) is 23.1. The van der Waals surface area contributed by atoms with Crippen LogP contribution in [-0.4, -0.2) is 17.0 Å². The highest BCUT2D eigenvalue weighted by atomic mass is 127. The Kier molecular flexibility index (Phi) is 4.33. The normalized spacial score (nSPS) is 10.1. The number of carbonyl (C=O) groups is 2. The summed E-state index contributed by atoms with van der Waals surface area (Å²) >= 11 is 2.07. The minimum atomic E-state index is -1.30. The highest BCUT2D eigenvalue weighted by Crippen LogP contribution is 2.18. The number of benzene rings is 2. The van der Waals surface area contributed by atoms with Crippen molar-refractivity contribution in [2.45, 2.75) is 0 Å². The van der Waals surface area contributed by atoms with E-state index in [2.05, 4.69) is 27.9 Å². The quantitative estimate of drug-likeness (QED) is 0.797. The molecule has 20 heavy (non-hydrogen) atoms. The maximum atomic E-state index is 13.0. The highest BCUT2D eigenvalue weighted by molar-refractivity contribution is 14.1. The molecule has 1 amide bonds. The Morgan fingerprint density at radius 3 is 2.55 bits per heavy atom. The summed E-state index contributed by atoms with van der Waals surface area (Å²) in [5.74, 6) is -2.42. The zero-order valence-electron chi connectivity index (χ0n) is 10.1. The largest absolute Gasteiger partial charge is 0.478 e. The Labute approximate surface area is 127 Å². The van der Waals surface area contributed by atoms with E-state index in [9.17, 15) is 14.0 Å². The first kappa shape index (κ1) is 14.4. The molecule has 0 aromatic heterocycles. The molecule has 0 spiro atoms. The monoisotopic (exact) mass is 385 g/mol. The van der Waals surface area contributed by atoms with Crippen LogP contribution in [0.2, 0.25) is 0 Å². The van der Waals surface area contributed by atoms with Gasteiger partial charge in [-0.1, -0.05) is 6.07 Å². The molecular formula is C14H9FINO3. The third kappa shape index (κ3) is 3.32. The lowest BCUT2D eigenvalue weighted by atomic mass is 10.1. The van der Waals surface area contributed by atoms with E-state index in [1.807, 2.05) is 6.07 Å². The number of carboxylic acid groups (broad SMARTS) is 1. The lowest BCUT2D eigenvalue weighted by Crippen LogP contribution is -2.15. The van der Waals surface area contributed by atoms with E-state index in [1.165, 1.54) is 6.07 Å². The molecule has 0 atom stereocenters. The third-order valence-electron chi connectivity index (χ3n) is 2.55. The standard InChI is InChI=1S/C14H9FINO3/c15-9-4-5-12(11(7-9)14(19)20)17-13(18)8-2-1-3-10(16)6-8/h1-7H,(H,17,18)(H,19,20). The minimum Gasteiger partial charge on any atom is -0.478 e. The smallest absolute Gasteiger partial charge is 0.337 e. The second kappa shape index (κ2) is 6.00. The van der Waals surface area contributed by atoms with Gasteiger partial charge in [0.2, 0.25) is 0 Å². The fourth-order valence-corrected chi connectivity index (χ4v) is 2.17. The lowest BCUT2D eigenvalue weighted by molar-refractivity contribution is 0.0697. The number of aromatic carboxylic acids is 1. The van der Waals surface area contributed by atoms with E-state index in [4.69, 9.17) is 5.11 Å². The number of anilines is 1. The van der Waals surface area contributed by atoms with Gasteiger partial charge in [0.05, 0.1) is 11.3 Å². The molecule has 0 saturated heterocycles. The number of halogens is 2. The van der Waals surface area contributed by atoms with Crippen LogP contribution in [0.4, 0.5) is 10.1 Å². The SMILES string of the molecule is O=C(Nc1ccc(F)cc1C(=O)O)c1cccc(I)c1. The van der Waals surface area contributed by atoms with Crippen LogP contribution >= 0.6 is 22.6 Å². The van der Waals surface area contributed by atoms with E-state index in [1.54, 1.807) is 18.2 Å². The molecule has 0 radical (unpaired) electrons. The van der Waals surface area contributed by atoms with Gasteiger partial charge in [-0.05, 0) is 59.0 Å². The van der Waals surface area contributed by atoms with Crippen molar-refractivity contribution in [3.05, 3.63) is 63.0 Å². The number of carbonyl (C=O) groups excluding carboxylic acids is 1. The topological polar surface area (TPSA) is 66.4 Å². The van der Waals surface area contributed by atoms with Gasteiger partial charge >= 0.3 is 5.97 Å². The van der Waals surface area contributed by atoms with Gasteiger partial charge in [-0.25, -0.2) is 9.18 Å². The van der Waals surface area contributed by atoms with Crippen LogP contribution in [-0.2, 0) is 0 Å². The maximum Gasteiger partial charge on any atom is 0.337 e. The Balaban J connectivity index is 2.30. The van der Waals surface area contributed by atoms with Crippen LogP contribution in [0.15, 0.2) is 42.5 Å². The average molecular weight is 385 g/mol. The number of hydrogen-bond donors (Lipinski definition) is 2. The number of rotatable bonds is 3. The highest BCUT2D eigenvalue weighted by Gasteiger charge is 2.14. The molecule has 0 fully saturated rings. The number of hydrogen-bond acceptors (Lipinski definition) is 2. The van der Waals surface area contributed by atoms with Crippen molar-refractivity contribution >= 4 is 40.2 Å². The molecule has 2 aromatic carbocycles. The first-order valence-corrected chi connectivity index (χ1v) is 6.65. The molecule has 0 aliphatic heterocycles. The van der Waals surface area contributed by atoms with E-state index in [-0.39, 0.29) is 11.3 Å². The van der Waals surface area contributed by atoms with E-state index in [0.29, 0.717) is 5.56 Å². The number of carboxylic acids is 1. The fraction of sp³-hybridized carbons (Fsp3) is 0. The molecule has 6 heteroatoms. The van der Waals surface area contributed by atoms with E-state index in [0.717, 1.165) is 15.7 Å². The maximum absolute atomic E-state index is 13.0. The molecule has 2 N–H and O–H groups in total. The van der Waals surface area contributed by atoms with Gasteiger partial charge in [0.15, 0.2) is 0 Å². The lowest BCUT2D eigenvalue weighted by Gasteiger charge is -2.08. The number of nitrogens with one attached hydrogen (secondary N) is 1. The second-order valence-corrected chi connectivity index (χ2v) is 5.21. The van der Waals surface area contributed by atoms with Crippen molar-refractivity contribution in [1.29, 1.82) is 0 Å². The molecule has 0 unspecified atom stereocenters. The van der Waals surface area contributed by atoms with Gasteiger partial charge in [0.25, 0.3) is 5.91 Å². The molecule has 0 saturated carbocycles. The zero-order valence-corrected chi connectivity index (χ0v) is 12.2. The van der Waals surface area contributed by atoms with Crippen molar-refractivity contribution in [2.75, 3.05) is 5.32 Å².